The standard InChI is InChI=1S/C35H35Cl4N3O4S/c1-23-13-16-26(17-14-23)47(45,46)42(31-20-25(36)15-18-30(31)39)22-33(43)41(21-27-28(37)11-8-12-29(27)38)32(34(44)40-35(2,3)4)19-24-9-6-5-7-10-24/h5-18,20,32H,19,21-22H2,1-4H3,(H,40,44)/t32-/m1/s1. The Morgan fingerprint density at radius 1 is 0.809 bits per heavy atom. The molecule has 12 heteroatoms. The minimum absolute atomic E-state index is 0.00238. The van der Waals surface area contributed by atoms with Crippen LogP contribution in [0.15, 0.2) is 95.9 Å². The van der Waals surface area contributed by atoms with E-state index < -0.39 is 40.0 Å². The number of aryl methyl sites for hydroxylation is 1. The first-order valence-corrected chi connectivity index (χ1v) is 17.6. The molecule has 47 heavy (non-hydrogen) atoms. The third kappa shape index (κ3) is 9.42. The summed E-state index contributed by atoms with van der Waals surface area (Å²) in [5.74, 6) is -1.13. The molecule has 0 aliphatic heterocycles. The number of sulfonamides is 1. The van der Waals surface area contributed by atoms with Gasteiger partial charge in [0.15, 0.2) is 0 Å². The van der Waals surface area contributed by atoms with Gasteiger partial charge in [0, 0.05) is 39.1 Å². The monoisotopic (exact) mass is 733 g/mol. The lowest BCUT2D eigenvalue weighted by Crippen LogP contribution is -2.56. The fourth-order valence-electron chi connectivity index (χ4n) is 4.89. The Morgan fingerprint density at radius 3 is 2.02 bits per heavy atom. The molecular weight excluding hydrogens is 700 g/mol. The Morgan fingerprint density at radius 2 is 1.43 bits per heavy atom. The van der Waals surface area contributed by atoms with E-state index >= 15 is 0 Å². The molecule has 1 N–H and O–H groups in total. The maximum absolute atomic E-state index is 14.7. The van der Waals surface area contributed by atoms with E-state index in [1.165, 1.54) is 35.2 Å². The summed E-state index contributed by atoms with van der Waals surface area (Å²) in [6, 6.07) is 23.6. The summed E-state index contributed by atoms with van der Waals surface area (Å²) in [7, 11) is -4.37. The largest absolute Gasteiger partial charge is 0.350 e. The van der Waals surface area contributed by atoms with Crippen molar-refractivity contribution in [2.24, 2.45) is 0 Å². The predicted molar refractivity (Wildman–Crippen MR) is 191 cm³/mol. The lowest BCUT2D eigenvalue weighted by Gasteiger charge is -2.35. The molecule has 1 atom stereocenters. The van der Waals surface area contributed by atoms with Crippen LogP contribution in [0.2, 0.25) is 20.1 Å². The summed E-state index contributed by atoms with van der Waals surface area (Å²) < 4.78 is 29.4. The smallest absolute Gasteiger partial charge is 0.264 e. The highest BCUT2D eigenvalue weighted by Gasteiger charge is 2.36. The van der Waals surface area contributed by atoms with Crippen LogP contribution >= 0.6 is 46.4 Å². The van der Waals surface area contributed by atoms with E-state index in [1.54, 1.807) is 30.3 Å². The van der Waals surface area contributed by atoms with Crippen molar-refractivity contribution in [2.45, 2.75) is 57.1 Å². The van der Waals surface area contributed by atoms with Gasteiger partial charge in [0.05, 0.1) is 15.6 Å². The first-order valence-electron chi connectivity index (χ1n) is 14.7. The molecule has 4 rings (SSSR count). The van der Waals surface area contributed by atoms with E-state index in [-0.39, 0.29) is 43.6 Å². The Bertz CT molecular complexity index is 1830. The van der Waals surface area contributed by atoms with Crippen LogP contribution in [-0.4, -0.2) is 43.3 Å². The lowest BCUT2D eigenvalue weighted by molar-refractivity contribution is -0.140. The number of nitrogens with one attached hydrogen (secondary N) is 1. The summed E-state index contributed by atoms with van der Waals surface area (Å²) >= 11 is 26.0. The molecule has 2 amide bonds. The molecule has 0 fully saturated rings. The van der Waals surface area contributed by atoms with Crippen LogP contribution in [0.4, 0.5) is 5.69 Å². The van der Waals surface area contributed by atoms with Gasteiger partial charge in [-0.05, 0) is 75.7 Å². The van der Waals surface area contributed by atoms with Crippen molar-refractivity contribution < 1.29 is 18.0 Å². The maximum Gasteiger partial charge on any atom is 0.264 e. The maximum atomic E-state index is 14.7. The number of carbonyl (C=O) groups is 2. The Labute approximate surface area is 296 Å². The van der Waals surface area contributed by atoms with Crippen LogP contribution in [0.25, 0.3) is 0 Å². The van der Waals surface area contributed by atoms with Crippen molar-refractivity contribution in [3.8, 4) is 0 Å². The van der Waals surface area contributed by atoms with Gasteiger partial charge >= 0.3 is 0 Å². The predicted octanol–water partition coefficient (Wildman–Crippen LogP) is 8.36. The number of amides is 2. The van der Waals surface area contributed by atoms with E-state index in [2.05, 4.69) is 5.32 Å². The Kier molecular flexibility index (Phi) is 11.9. The molecule has 0 spiro atoms. The highest BCUT2D eigenvalue weighted by Crippen LogP contribution is 2.34. The molecule has 0 aromatic heterocycles. The zero-order chi connectivity index (χ0) is 34.5. The topological polar surface area (TPSA) is 86.8 Å². The third-order valence-electron chi connectivity index (χ3n) is 7.22. The minimum Gasteiger partial charge on any atom is -0.350 e. The van der Waals surface area contributed by atoms with Crippen LogP contribution in [0, 0.1) is 6.92 Å². The molecule has 248 valence electrons. The number of hydrogen-bond donors (Lipinski definition) is 1. The number of hydrogen-bond acceptors (Lipinski definition) is 4. The molecule has 0 radical (unpaired) electrons. The fourth-order valence-corrected chi connectivity index (χ4v) is 7.27. The van der Waals surface area contributed by atoms with Gasteiger partial charge < -0.3 is 10.2 Å². The number of anilines is 1. The number of nitrogens with zero attached hydrogens (tertiary/aromatic N) is 2. The molecule has 7 nitrogen and oxygen atoms in total. The van der Waals surface area contributed by atoms with Gasteiger partial charge in [-0.2, -0.15) is 0 Å². The first kappa shape index (κ1) is 36.6. The minimum atomic E-state index is -4.37. The number of halogens is 4. The highest BCUT2D eigenvalue weighted by atomic mass is 35.5. The Balaban J connectivity index is 1.88. The van der Waals surface area contributed by atoms with Gasteiger partial charge in [-0.1, -0.05) is 100 Å². The second-order valence-electron chi connectivity index (χ2n) is 12.1. The SMILES string of the molecule is Cc1ccc(S(=O)(=O)N(CC(=O)N(Cc2c(Cl)cccc2Cl)[C@H](Cc2ccccc2)C(=O)NC(C)(C)C)c2cc(Cl)ccc2Cl)cc1. The van der Waals surface area contributed by atoms with Gasteiger partial charge in [-0.25, -0.2) is 8.42 Å². The summed E-state index contributed by atoms with van der Waals surface area (Å²) in [6.45, 7) is 6.43. The molecular formula is C35H35Cl4N3O4S. The van der Waals surface area contributed by atoms with Gasteiger partial charge in [-0.3, -0.25) is 13.9 Å². The number of rotatable bonds is 11. The van der Waals surface area contributed by atoms with E-state index in [0.717, 1.165) is 15.4 Å². The Hall–Kier alpha value is -3.27. The van der Waals surface area contributed by atoms with Gasteiger partial charge in [0.1, 0.15) is 12.6 Å². The molecule has 0 aliphatic rings. The molecule has 4 aromatic carbocycles. The van der Waals surface area contributed by atoms with Crippen LogP contribution in [-0.2, 0) is 32.6 Å². The molecule has 0 aliphatic carbocycles. The fraction of sp³-hybridized carbons (Fsp3) is 0.257. The number of carbonyl (C=O) groups excluding carboxylic acids is 2. The van der Waals surface area contributed by atoms with Crippen molar-refractivity contribution in [1.29, 1.82) is 0 Å². The molecule has 0 saturated heterocycles. The van der Waals surface area contributed by atoms with Gasteiger partial charge in [-0.15, -0.1) is 0 Å². The zero-order valence-corrected chi connectivity index (χ0v) is 30.1. The van der Waals surface area contributed by atoms with Crippen LogP contribution in [0.3, 0.4) is 0 Å². The van der Waals surface area contributed by atoms with Crippen molar-refractivity contribution in [1.82, 2.24) is 10.2 Å². The average molecular weight is 736 g/mol. The summed E-state index contributed by atoms with van der Waals surface area (Å²) in [6.07, 6.45) is 0.124. The van der Waals surface area contributed by atoms with Crippen molar-refractivity contribution in [3.63, 3.8) is 0 Å². The third-order valence-corrected chi connectivity index (χ3v) is 10.3. The van der Waals surface area contributed by atoms with Crippen LogP contribution in [0.5, 0.6) is 0 Å². The van der Waals surface area contributed by atoms with Crippen molar-refractivity contribution in [3.05, 3.63) is 128 Å². The molecule has 0 unspecified atom stereocenters. The van der Waals surface area contributed by atoms with E-state index in [9.17, 15) is 18.0 Å². The summed E-state index contributed by atoms with van der Waals surface area (Å²) in [5.41, 5.74) is 1.40. The molecule has 0 heterocycles. The summed E-state index contributed by atoms with van der Waals surface area (Å²) in [4.78, 5) is 30.0. The second-order valence-corrected chi connectivity index (χ2v) is 15.6. The van der Waals surface area contributed by atoms with E-state index in [0.29, 0.717) is 5.56 Å². The van der Waals surface area contributed by atoms with E-state index in [1.807, 2.05) is 58.0 Å². The summed E-state index contributed by atoms with van der Waals surface area (Å²) in [5, 5.41) is 3.83. The first-order chi connectivity index (χ1) is 22.1. The van der Waals surface area contributed by atoms with E-state index in [4.69, 9.17) is 46.4 Å². The second kappa shape index (κ2) is 15.3. The van der Waals surface area contributed by atoms with Crippen molar-refractivity contribution >= 4 is 73.9 Å². The number of benzene rings is 4. The van der Waals surface area contributed by atoms with Crippen LogP contribution < -0.4 is 9.62 Å². The molecule has 0 bridgehead atoms. The zero-order valence-electron chi connectivity index (χ0n) is 26.3. The average Bonchev–Trinajstić information content (AvgIpc) is 3.00. The molecule has 0 saturated carbocycles. The van der Waals surface area contributed by atoms with Gasteiger partial charge in [0.2, 0.25) is 11.8 Å². The quantitative estimate of drug-likeness (QED) is 0.168. The normalized spacial score (nSPS) is 12.3. The highest BCUT2D eigenvalue weighted by molar-refractivity contribution is 7.92. The van der Waals surface area contributed by atoms with Crippen molar-refractivity contribution in [2.75, 3.05) is 10.8 Å². The molecule has 4 aromatic rings. The van der Waals surface area contributed by atoms with Crippen LogP contribution in [0.1, 0.15) is 37.5 Å². The lowest BCUT2D eigenvalue weighted by atomic mass is 10.0. The van der Waals surface area contributed by atoms with Gasteiger partial charge in [0.25, 0.3) is 10.0 Å².